The summed E-state index contributed by atoms with van der Waals surface area (Å²) in [5.74, 6) is 3.09. The van der Waals surface area contributed by atoms with Crippen LogP contribution in [0.5, 0.6) is 0 Å². The summed E-state index contributed by atoms with van der Waals surface area (Å²) in [6, 6.07) is 0. The summed E-state index contributed by atoms with van der Waals surface area (Å²) in [5.41, 5.74) is 0. The molecule has 0 amide bonds. The number of thioether (sulfide) groups is 1. The molecule has 0 aromatic heterocycles. The SMILES string of the molecule is CCNC(=NCCCSC)NCCCN1CCC(C)CC1. The van der Waals surface area contributed by atoms with E-state index in [9.17, 15) is 0 Å². The number of nitrogens with zero attached hydrogens (tertiary/aromatic N) is 2. The molecule has 1 heterocycles. The molecule has 1 aliphatic heterocycles. The van der Waals surface area contributed by atoms with Crippen molar-refractivity contribution >= 4 is 17.7 Å². The highest BCUT2D eigenvalue weighted by Crippen LogP contribution is 2.15. The number of piperidine rings is 1. The van der Waals surface area contributed by atoms with Gasteiger partial charge in [0.1, 0.15) is 0 Å². The highest BCUT2D eigenvalue weighted by molar-refractivity contribution is 7.98. The van der Waals surface area contributed by atoms with Crippen molar-refractivity contribution in [3.8, 4) is 0 Å². The Morgan fingerprint density at radius 3 is 2.67 bits per heavy atom. The minimum Gasteiger partial charge on any atom is -0.357 e. The second-order valence-electron chi connectivity index (χ2n) is 5.91. The molecule has 0 aromatic rings. The standard InChI is InChI=1S/C16H34N4S/c1-4-17-16(19-10-6-14-21-3)18-9-5-11-20-12-7-15(2)8-13-20/h15H,4-14H2,1-3H3,(H2,17,18,19). The topological polar surface area (TPSA) is 39.7 Å². The van der Waals surface area contributed by atoms with Crippen molar-refractivity contribution in [2.75, 3.05) is 51.3 Å². The number of guanidine groups is 1. The Kier molecular flexibility index (Phi) is 10.8. The summed E-state index contributed by atoms with van der Waals surface area (Å²) in [6.45, 7) is 11.1. The number of nitrogens with one attached hydrogen (secondary N) is 2. The van der Waals surface area contributed by atoms with Gasteiger partial charge in [-0.2, -0.15) is 11.8 Å². The van der Waals surface area contributed by atoms with E-state index in [1.165, 1.54) is 44.6 Å². The molecule has 0 saturated carbocycles. The molecule has 2 N–H and O–H groups in total. The van der Waals surface area contributed by atoms with Crippen LogP contribution in [0.4, 0.5) is 0 Å². The van der Waals surface area contributed by atoms with E-state index in [0.717, 1.165) is 37.9 Å². The van der Waals surface area contributed by atoms with Gasteiger partial charge in [0.25, 0.3) is 0 Å². The fourth-order valence-electron chi connectivity index (χ4n) is 2.54. The fourth-order valence-corrected chi connectivity index (χ4v) is 2.95. The van der Waals surface area contributed by atoms with Gasteiger partial charge in [-0.1, -0.05) is 6.92 Å². The second-order valence-corrected chi connectivity index (χ2v) is 6.90. The first-order chi connectivity index (χ1) is 10.3. The molecule has 1 aliphatic rings. The molecule has 1 rings (SSSR count). The zero-order chi connectivity index (χ0) is 15.3. The molecule has 4 nitrogen and oxygen atoms in total. The molecule has 0 unspecified atom stereocenters. The Labute approximate surface area is 135 Å². The van der Waals surface area contributed by atoms with Crippen LogP contribution in [-0.2, 0) is 0 Å². The van der Waals surface area contributed by atoms with Crippen molar-refractivity contribution in [1.29, 1.82) is 0 Å². The lowest BCUT2D eigenvalue weighted by molar-refractivity contribution is 0.191. The number of hydrogen-bond donors (Lipinski definition) is 2. The minimum atomic E-state index is 0.917. The fraction of sp³-hybridized carbons (Fsp3) is 0.938. The van der Waals surface area contributed by atoms with Gasteiger partial charge >= 0.3 is 0 Å². The van der Waals surface area contributed by atoms with Crippen LogP contribution in [0.3, 0.4) is 0 Å². The number of rotatable bonds is 9. The smallest absolute Gasteiger partial charge is 0.191 e. The maximum absolute atomic E-state index is 4.61. The van der Waals surface area contributed by atoms with Gasteiger partial charge in [0, 0.05) is 19.6 Å². The third kappa shape index (κ3) is 9.25. The van der Waals surface area contributed by atoms with Gasteiger partial charge in [0.15, 0.2) is 5.96 Å². The quantitative estimate of drug-likeness (QED) is 0.389. The first-order valence-electron chi connectivity index (χ1n) is 8.49. The van der Waals surface area contributed by atoms with E-state index >= 15 is 0 Å². The predicted octanol–water partition coefficient (Wildman–Crippen LogP) is 2.42. The van der Waals surface area contributed by atoms with Crippen molar-refractivity contribution in [3.05, 3.63) is 0 Å². The van der Waals surface area contributed by atoms with Gasteiger partial charge < -0.3 is 15.5 Å². The number of hydrogen-bond acceptors (Lipinski definition) is 3. The molecule has 5 heteroatoms. The third-order valence-electron chi connectivity index (χ3n) is 3.94. The lowest BCUT2D eigenvalue weighted by Crippen LogP contribution is -2.39. The Bertz CT molecular complexity index is 275. The van der Waals surface area contributed by atoms with Gasteiger partial charge in [0.2, 0.25) is 0 Å². The molecule has 0 aliphatic carbocycles. The first-order valence-corrected chi connectivity index (χ1v) is 9.89. The van der Waals surface area contributed by atoms with Gasteiger partial charge in [-0.05, 0) is 70.2 Å². The van der Waals surface area contributed by atoms with Crippen LogP contribution in [0.1, 0.15) is 39.5 Å². The Balaban J connectivity index is 2.11. The zero-order valence-corrected chi connectivity index (χ0v) is 15.0. The normalized spacial score (nSPS) is 18.0. The predicted molar refractivity (Wildman–Crippen MR) is 96.4 cm³/mol. The van der Waals surface area contributed by atoms with E-state index in [2.05, 4.69) is 40.6 Å². The highest BCUT2D eigenvalue weighted by atomic mass is 32.2. The van der Waals surface area contributed by atoms with Crippen LogP contribution >= 0.6 is 11.8 Å². The second kappa shape index (κ2) is 12.2. The lowest BCUT2D eigenvalue weighted by Gasteiger charge is -2.30. The van der Waals surface area contributed by atoms with E-state index in [4.69, 9.17) is 0 Å². The summed E-state index contributed by atoms with van der Waals surface area (Å²) >= 11 is 1.89. The zero-order valence-electron chi connectivity index (χ0n) is 14.2. The van der Waals surface area contributed by atoms with E-state index in [1.807, 2.05) is 11.8 Å². The molecule has 1 fully saturated rings. The van der Waals surface area contributed by atoms with E-state index in [1.54, 1.807) is 0 Å². The molecule has 124 valence electrons. The van der Waals surface area contributed by atoms with E-state index in [0.29, 0.717) is 0 Å². The number of likely N-dealkylation sites (tertiary alicyclic amines) is 1. The summed E-state index contributed by atoms with van der Waals surface area (Å²) in [7, 11) is 0. The summed E-state index contributed by atoms with van der Waals surface area (Å²) < 4.78 is 0. The molecule has 0 spiro atoms. The molecule has 0 radical (unpaired) electrons. The van der Waals surface area contributed by atoms with Crippen molar-refractivity contribution < 1.29 is 0 Å². The first kappa shape index (κ1) is 18.6. The van der Waals surface area contributed by atoms with Crippen LogP contribution in [0, 0.1) is 5.92 Å². The van der Waals surface area contributed by atoms with Crippen molar-refractivity contribution in [1.82, 2.24) is 15.5 Å². The van der Waals surface area contributed by atoms with Crippen molar-refractivity contribution in [2.45, 2.75) is 39.5 Å². The Morgan fingerprint density at radius 1 is 1.24 bits per heavy atom. The average Bonchev–Trinajstić information content (AvgIpc) is 2.49. The van der Waals surface area contributed by atoms with Gasteiger partial charge in [0.05, 0.1) is 0 Å². The van der Waals surface area contributed by atoms with Gasteiger partial charge in [-0.3, -0.25) is 4.99 Å². The molecule has 1 saturated heterocycles. The van der Waals surface area contributed by atoms with E-state index < -0.39 is 0 Å². The van der Waals surface area contributed by atoms with Crippen molar-refractivity contribution in [3.63, 3.8) is 0 Å². The van der Waals surface area contributed by atoms with Gasteiger partial charge in [-0.25, -0.2) is 0 Å². The summed E-state index contributed by atoms with van der Waals surface area (Å²) in [4.78, 5) is 7.21. The molecular weight excluding hydrogens is 280 g/mol. The average molecular weight is 315 g/mol. The maximum atomic E-state index is 4.61. The Morgan fingerprint density at radius 2 is 2.00 bits per heavy atom. The molecule has 0 atom stereocenters. The van der Waals surface area contributed by atoms with E-state index in [-0.39, 0.29) is 0 Å². The van der Waals surface area contributed by atoms with Crippen molar-refractivity contribution in [2.24, 2.45) is 10.9 Å². The lowest BCUT2D eigenvalue weighted by atomic mass is 9.99. The van der Waals surface area contributed by atoms with Crippen LogP contribution in [0.2, 0.25) is 0 Å². The summed E-state index contributed by atoms with van der Waals surface area (Å²) in [5, 5.41) is 6.77. The van der Waals surface area contributed by atoms with Crippen LogP contribution < -0.4 is 10.6 Å². The Hall–Kier alpha value is -0.420. The monoisotopic (exact) mass is 314 g/mol. The molecular formula is C16H34N4S. The molecule has 21 heavy (non-hydrogen) atoms. The number of aliphatic imine (C=N–C) groups is 1. The van der Waals surface area contributed by atoms with Crippen LogP contribution in [0.25, 0.3) is 0 Å². The molecule has 0 aromatic carbocycles. The maximum Gasteiger partial charge on any atom is 0.191 e. The largest absolute Gasteiger partial charge is 0.357 e. The van der Waals surface area contributed by atoms with Crippen LogP contribution in [-0.4, -0.2) is 62.1 Å². The molecule has 0 bridgehead atoms. The van der Waals surface area contributed by atoms with Crippen LogP contribution in [0.15, 0.2) is 4.99 Å². The van der Waals surface area contributed by atoms with Gasteiger partial charge in [-0.15, -0.1) is 0 Å². The highest BCUT2D eigenvalue weighted by Gasteiger charge is 2.14. The minimum absolute atomic E-state index is 0.917. The third-order valence-corrected chi connectivity index (χ3v) is 4.64. The summed E-state index contributed by atoms with van der Waals surface area (Å²) in [6.07, 6.45) is 7.24.